The molecule has 0 radical (unpaired) electrons. The molecule has 1 N–H and O–H groups in total. The number of aromatic nitrogens is 4. The van der Waals surface area contributed by atoms with Gasteiger partial charge in [0.25, 0.3) is 5.91 Å². The Hall–Kier alpha value is -2.89. The van der Waals surface area contributed by atoms with Crippen LogP contribution in [0.5, 0.6) is 0 Å². The number of likely N-dealkylation sites (tertiary alicyclic amines) is 1. The van der Waals surface area contributed by atoms with Crippen LogP contribution in [0.3, 0.4) is 0 Å². The van der Waals surface area contributed by atoms with Gasteiger partial charge in [0.1, 0.15) is 0 Å². The number of benzene rings is 1. The number of carbonyl (C=O) groups is 1. The molecule has 146 valence electrons. The Kier molecular flexibility index (Phi) is 5.03. The van der Waals surface area contributed by atoms with Crippen molar-refractivity contribution in [2.75, 3.05) is 13.1 Å². The summed E-state index contributed by atoms with van der Waals surface area (Å²) in [6.07, 6.45) is 3.90. The topological polar surface area (TPSA) is 66.8 Å². The maximum absolute atomic E-state index is 13.0. The molecule has 3 aromatic rings. The average Bonchev–Trinajstić information content (AvgIpc) is 3.26. The molecule has 1 aliphatic rings. The molecule has 0 aliphatic carbocycles. The van der Waals surface area contributed by atoms with Gasteiger partial charge >= 0.3 is 0 Å². The number of hydrogen-bond acceptors (Lipinski definition) is 3. The zero-order valence-corrected chi connectivity index (χ0v) is 16.8. The predicted octanol–water partition coefficient (Wildman–Crippen LogP) is 3.60. The van der Waals surface area contributed by atoms with E-state index in [-0.39, 0.29) is 5.91 Å². The largest absolute Gasteiger partial charge is 0.339 e. The van der Waals surface area contributed by atoms with E-state index in [1.54, 1.807) is 0 Å². The predicted molar refractivity (Wildman–Crippen MR) is 108 cm³/mol. The lowest BCUT2D eigenvalue weighted by Gasteiger charge is -2.32. The highest BCUT2D eigenvalue weighted by Crippen LogP contribution is 2.29. The number of nitrogens with one attached hydrogen (secondary N) is 1. The smallest absolute Gasteiger partial charge is 0.253 e. The van der Waals surface area contributed by atoms with Gasteiger partial charge in [-0.1, -0.05) is 12.1 Å². The summed E-state index contributed by atoms with van der Waals surface area (Å²) in [5, 5.41) is 11.7. The quantitative estimate of drug-likeness (QED) is 0.755. The van der Waals surface area contributed by atoms with Gasteiger partial charge in [0.15, 0.2) is 0 Å². The van der Waals surface area contributed by atoms with Gasteiger partial charge in [-0.25, -0.2) is 0 Å². The summed E-state index contributed by atoms with van der Waals surface area (Å²) in [4.78, 5) is 15.0. The number of aryl methyl sites for hydroxylation is 3. The Morgan fingerprint density at radius 1 is 1.18 bits per heavy atom. The number of aromatic amines is 1. The van der Waals surface area contributed by atoms with Crippen molar-refractivity contribution in [3.05, 3.63) is 70.3 Å². The third kappa shape index (κ3) is 3.72. The molecule has 1 amide bonds. The Bertz CT molecular complexity index is 978. The highest BCUT2D eigenvalue weighted by atomic mass is 16.2. The highest BCUT2D eigenvalue weighted by molar-refractivity contribution is 5.94. The van der Waals surface area contributed by atoms with E-state index in [1.807, 2.05) is 40.9 Å². The van der Waals surface area contributed by atoms with Crippen LogP contribution in [-0.4, -0.2) is 43.9 Å². The standard InChI is InChI=1S/C22H27N5O/c1-15-11-16(2)27(25-15)14-18-5-4-6-20(12-18)22(28)26-9-7-19(8-10-26)21-13-23-24-17(21)3/h4-6,11-13,19H,7-10,14H2,1-3H3,(H,23,24). The molecule has 28 heavy (non-hydrogen) atoms. The first-order chi connectivity index (χ1) is 13.5. The number of H-pyrrole nitrogens is 1. The third-order valence-corrected chi connectivity index (χ3v) is 5.70. The summed E-state index contributed by atoms with van der Waals surface area (Å²) in [5.41, 5.74) is 6.44. The molecule has 3 heterocycles. The number of carbonyl (C=O) groups excluding carboxylic acids is 1. The molecule has 0 bridgehead atoms. The van der Waals surface area contributed by atoms with Crippen molar-refractivity contribution in [2.24, 2.45) is 0 Å². The zero-order chi connectivity index (χ0) is 19.7. The van der Waals surface area contributed by atoms with E-state index in [4.69, 9.17) is 0 Å². The van der Waals surface area contributed by atoms with Gasteiger partial charge in [-0.05, 0) is 68.9 Å². The van der Waals surface area contributed by atoms with E-state index >= 15 is 0 Å². The second kappa shape index (κ2) is 7.62. The van der Waals surface area contributed by atoms with E-state index in [9.17, 15) is 4.79 Å². The Balaban J connectivity index is 1.43. The van der Waals surface area contributed by atoms with Crippen LogP contribution < -0.4 is 0 Å². The molecule has 4 rings (SSSR count). The van der Waals surface area contributed by atoms with Crippen LogP contribution >= 0.6 is 0 Å². The van der Waals surface area contributed by atoms with E-state index < -0.39 is 0 Å². The molecule has 2 aromatic heterocycles. The number of amides is 1. The van der Waals surface area contributed by atoms with Gasteiger partial charge < -0.3 is 4.90 Å². The fourth-order valence-corrected chi connectivity index (χ4v) is 4.16. The van der Waals surface area contributed by atoms with Crippen molar-refractivity contribution in [3.8, 4) is 0 Å². The Morgan fingerprint density at radius 2 is 1.96 bits per heavy atom. The van der Waals surface area contributed by atoms with Crippen LogP contribution in [0.15, 0.2) is 36.5 Å². The molecular formula is C22H27N5O. The van der Waals surface area contributed by atoms with Crippen LogP contribution in [0.1, 0.15) is 57.3 Å². The van der Waals surface area contributed by atoms with Gasteiger partial charge in [0, 0.05) is 30.0 Å². The first-order valence-electron chi connectivity index (χ1n) is 9.90. The van der Waals surface area contributed by atoms with Crippen LogP contribution in [0.4, 0.5) is 0 Å². The molecule has 0 saturated carbocycles. The fraction of sp³-hybridized carbons (Fsp3) is 0.409. The molecular weight excluding hydrogens is 350 g/mol. The van der Waals surface area contributed by atoms with E-state index in [1.165, 1.54) is 5.56 Å². The molecule has 1 saturated heterocycles. The Labute approximate surface area is 165 Å². The van der Waals surface area contributed by atoms with E-state index in [0.29, 0.717) is 12.5 Å². The van der Waals surface area contributed by atoms with Gasteiger partial charge in [0.2, 0.25) is 0 Å². The molecule has 6 nitrogen and oxygen atoms in total. The first-order valence-corrected chi connectivity index (χ1v) is 9.90. The van der Waals surface area contributed by atoms with Crippen molar-refractivity contribution in [3.63, 3.8) is 0 Å². The second-order valence-electron chi connectivity index (χ2n) is 7.80. The molecule has 1 aromatic carbocycles. The van der Waals surface area contributed by atoms with Crippen molar-refractivity contribution in [2.45, 2.75) is 46.1 Å². The summed E-state index contributed by atoms with van der Waals surface area (Å²) in [6.45, 7) is 8.38. The molecule has 1 aliphatic heterocycles. The zero-order valence-electron chi connectivity index (χ0n) is 16.8. The number of piperidine rings is 1. The normalized spacial score (nSPS) is 15.2. The maximum atomic E-state index is 13.0. The van der Waals surface area contributed by atoms with Crippen molar-refractivity contribution in [1.82, 2.24) is 24.9 Å². The first kappa shape index (κ1) is 18.5. The highest BCUT2D eigenvalue weighted by Gasteiger charge is 2.26. The molecule has 6 heteroatoms. The Morgan fingerprint density at radius 3 is 2.61 bits per heavy atom. The van der Waals surface area contributed by atoms with E-state index in [2.05, 4.69) is 41.3 Å². The van der Waals surface area contributed by atoms with Gasteiger partial charge in [-0.2, -0.15) is 10.2 Å². The summed E-state index contributed by atoms with van der Waals surface area (Å²) in [5.74, 6) is 0.609. The number of hydrogen-bond donors (Lipinski definition) is 1. The number of nitrogens with zero attached hydrogens (tertiary/aromatic N) is 4. The lowest BCUT2D eigenvalue weighted by Crippen LogP contribution is -2.38. The van der Waals surface area contributed by atoms with Crippen LogP contribution in [0.2, 0.25) is 0 Å². The van der Waals surface area contributed by atoms with Gasteiger partial charge in [0.05, 0.1) is 18.4 Å². The molecule has 0 atom stereocenters. The summed E-state index contributed by atoms with van der Waals surface area (Å²) < 4.78 is 1.98. The average molecular weight is 377 g/mol. The summed E-state index contributed by atoms with van der Waals surface area (Å²) >= 11 is 0. The monoisotopic (exact) mass is 377 g/mol. The van der Waals surface area contributed by atoms with Gasteiger partial charge in [-0.3, -0.25) is 14.6 Å². The SMILES string of the molecule is Cc1cc(C)n(Cc2cccc(C(=O)N3CCC(c4cn[nH]c4C)CC3)c2)n1. The second-order valence-corrected chi connectivity index (χ2v) is 7.80. The van der Waals surface area contributed by atoms with E-state index in [0.717, 1.165) is 54.1 Å². The minimum Gasteiger partial charge on any atom is -0.339 e. The molecule has 1 fully saturated rings. The lowest BCUT2D eigenvalue weighted by molar-refractivity contribution is 0.0713. The minimum atomic E-state index is 0.123. The van der Waals surface area contributed by atoms with Crippen molar-refractivity contribution in [1.29, 1.82) is 0 Å². The molecule has 0 unspecified atom stereocenters. The van der Waals surface area contributed by atoms with Crippen LogP contribution in [-0.2, 0) is 6.54 Å². The maximum Gasteiger partial charge on any atom is 0.253 e. The molecule has 0 spiro atoms. The summed E-state index contributed by atoms with van der Waals surface area (Å²) in [7, 11) is 0. The minimum absolute atomic E-state index is 0.123. The van der Waals surface area contributed by atoms with Crippen LogP contribution in [0, 0.1) is 20.8 Å². The van der Waals surface area contributed by atoms with Gasteiger partial charge in [-0.15, -0.1) is 0 Å². The van der Waals surface area contributed by atoms with Crippen molar-refractivity contribution < 1.29 is 4.79 Å². The van der Waals surface area contributed by atoms with Crippen LogP contribution in [0.25, 0.3) is 0 Å². The third-order valence-electron chi connectivity index (χ3n) is 5.70. The number of rotatable bonds is 4. The van der Waals surface area contributed by atoms with Crippen molar-refractivity contribution >= 4 is 5.91 Å². The summed E-state index contributed by atoms with van der Waals surface area (Å²) in [6, 6.07) is 10.0. The lowest BCUT2D eigenvalue weighted by atomic mass is 9.89. The fourth-order valence-electron chi connectivity index (χ4n) is 4.16.